The molecule has 1 aromatic heterocycles. The van der Waals surface area contributed by atoms with Gasteiger partial charge in [-0.05, 0) is 48.7 Å². The van der Waals surface area contributed by atoms with Gasteiger partial charge in [0, 0.05) is 18.7 Å². The molecule has 5 heteroatoms. The molecule has 1 amide bonds. The largest absolute Gasteiger partial charge is 0.451 e. The van der Waals surface area contributed by atoms with E-state index in [1.165, 1.54) is 12.1 Å². The number of halogens is 1. The van der Waals surface area contributed by atoms with Crippen molar-refractivity contribution < 1.29 is 18.7 Å². The SMILES string of the molecule is CC1CCN(C(=O)c2ccc(-c3ccc(F)cc3)o2)CC1O. The third-order valence-electron chi connectivity index (χ3n) is 4.15. The van der Waals surface area contributed by atoms with Crippen LogP contribution in [0.5, 0.6) is 0 Å². The number of likely N-dealkylation sites (tertiary alicyclic amines) is 1. The lowest BCUT2D eigenvalue weighted by Gasteiger charge is -2.33. The fraction of sp³-hybridized carbons (Fsp3) is 0.353. The van der Waals surface area contributed by atoms with E-state index in [4.69, 9.17) is 4.42 Å². The summed E-state index contributed by atoms with van der Waals surface area (Å²) in [7, 11) is 0. The fourth-order valence-electron chi connectivity index (χ4n) is 2.61. The molecule has 2 unspecified atom stereocenters. The third kappa shape index (κ3) is 2.90. The van der Waals surface area contributed by atoms with Crippen molar-refractivity contribution in [3.8, 4) is 11.3 Å². The van der Waals surface area contributed by atoms with Crippen molar-refractivity contribution >= 4 is 5.91 Å². The number of benzene rings is 1. The molecule has 1 aliphatic heterocycles. The van der Waals surface area contributed by atoms with Gasteiger partial charge in [-0.15, -0.1) is 0 Å². The van der Waals surface area contributed by atoms with Gasteiger partial charge in [-0.1, -0.05) is 6.92 Å². The van der Waals surface area contributed by atoms with Gasteiger partial charge in [0.1, 0.15) is 11.6 Å². The molecule has 2 heterocycles. The average Bonchev–Trinajstić information content (AvgIpc) is 3.00. The van der Waals surface area contributed by atoms with Gasteiger partial charge in [-0.3, -0.25) is 4.79 Å². The Balaban J connectivity index is 1.76. The summed E-state index contributed by atoms with van der Waals surface area (Å²) >= 11 is 0. The summed E-state index contributed by atoms with van der Waals surface area (Å²) in [6, 6.07) is 9.22. The van der Waals surface area contributed by atoms with Crippen LogP contribution in [0, 0.1) is 11.7 Å². The Morgan fingerprint density at radius 1 is 1.27 bits per heavy atom. The molecule has 1 saturated heterocycles. The molecule has 0 aliphatic carbocycles. The minimum atomic E-state index is -0.496. The number of nitrogens with zero attached hydrogens (tertiary/aromatic N) is 1. The van der Waals surface area contributed by atoms with E-state index in [-0.39, 0.29) is 23.4 Å². The minimum absolute atomic E-state index is 0.204. The van der Waals surface area contributed by atoms with Crippen LogP contribution in [0.3, 0.4) is 0 Å². The van der Waals surface area contributed by atoms with Crippen LogP contribution in [0.4, 0.5) is 4.39 Å². The molecule has 1 N–H and O–H groups in total. The lowest BCUT2D eigenvalue weighted by molar-refractivity contribution is 0.0231. The molecule has 1 fully saturated rings. The maximum atomic E-state index is 12.9. The summed E-state index contributed by atoms with van der Waals surface area (Å²) in [6.45, 7) is 2.92. The first-order valence-electron chi connectivity index (χ1n) is 7.37. The van der Waals surface area contributed by atoms with Crippen molar-refractivity contribution in [3.05, 3.63) is 48.0 Å². The predicted octanol–water partition coefficient (Wildman–Crippen LogP) is 2.93. The van der Waals surface area contributed by atoms with Gasteiger partial charge >= 0.3 is 0 Å². The molecule has 2 atom stereocenters. The highest BCUT2D eigenvalue weighted by Gasteiger charge is 2.29. The monoisotopic (exact) mass is 303 g/mol. The second kappa shape index (κ2) is 5.93. The highest BCUT2D eigenvalue weighted by molar-refractivity contribution is 5.92. The van der Waals surface area contributed by atoms with Crippen molar-refractivity contribution in [3.63, 3.8) is 0 Å². The standard InChI is InChI=1S/C17H18FNO3/c1-11-8-9-19(10-14(11)20)17(21)16-7-6-15(22-16)12-2-4-13(18)5-3-12/h2-7,11,14,20H,8-10H2,1H3. The number of aliphatic hydroxyl groups excluding tert-OH is 1. The van der Waals surface area contributed by atoms with Gasteiger partial charge in [-0.25, -0.2) is 4.39 Å². The van der Waals surface area contributed by atoms with Gasteiger partial charge < -0.3 is 14.4 Å². The predicted molar refractivity (Wildman–Crippen MR) is 79.8 cm³/mol. The Hall–Kier alpha value is -2.14. The summed E-state index contributed by atoms with van der Waals surface area (Å²) in [5.74, 6) is 0.424. The van der Waals surface area contributed by atoms with Crippen LogP contribution in [0.2, 0.25) is 0 Å². The van der Waals surface area contributed by atoms with E-state index in [1.807, 2.05) is 6.92 Å². The van der Waals surface area contributed by atoms with E-state index in [9.17, 15) is 14.3 Å². The molecular weight excluding hydrogens is 285 g/mol. The number of piperidine rings is 1. The number of carbonyl (C=O) groups is 1. The third-order valence-corrected chi connectivity index (χ3v) is 4.15. The molecule has 1 aliphatic rings. The fourth-order valence-corrected chi connectivity index (χ4v) is 2.61. The Morgan fingerprint density at radius 2 is 2.00 bits per heavy atom. The topological polar surface area (TPSA) is 53.7 Å². The Labute approximate surface area is 128 Å². The summed E-state index contributed by atoms with van der Waals surface area (Å²) in [5, 5.41) is 9.89. The zero-order valence-corrected chi connectivity index (χ0v) is 12.3. The van der Waals surface area contributed by atoms with E-state index < -0.39 is 6.10 Å². The molecule has 3 rings (SSSR count). The minimum Gasteiger partial charge on any atom is -0.451 e. The van der Waals surface area contributed by atoms with Gasteiger partial charge in [0.25, 0.3) is 5.91 Å². The summed E-state index contributed by atoms with van der Waals surface area (Å²) in [5.41, 5.74) is 0.716. The molecule has 0 radical (unpaired) electrons. The number of furan rings is 1. The number of hydrogen-bond donors (Lipinski definition) is 1. The van der Waals surface area contributed by atoms with E-state index in [2.05, 4.69) is 0 Å². The summed E-state index contributed by atoms with van der Waals surface area (Å²) < 4.78 is 18.5. The normalized spacial score (nSPS) is 21.9. The number of aliphatic hydroxyl groups is 1. The van der Waals surface area contributed by atoms with E-state index in [1.54, 1.807) is 29.2 Å². The van der Waals surface area contributed by atoms with Gasteiger partial charge in [0.2, 0.25) is 0 Å². The molecule has 1 aromatic carbocycles. The number of amides is 1. The van der Waals surface area contributed by atoms with Crippen LogP contribution >= 0.6 is 0 Å². The molecule has 0 saturated carbocycles. The smallest absolute Gasteiger partial charge is 0.289 e. The second-order valence-electron chi connectivity index (χ2n) is 5.76. The number of β-amino-alcohol motifs (C(OH)–C–C–N with tert-alkyl or cyclic N) is 1. The lowest BCUT2D eigenvalue weighted by Crippen LogP contribution is -2.45. The molecule has 22 heavy (non-hydrogen) atoms. The maximum absolute atomic E-state index is 12.9. The van der Waals surface area contributed by atoms with Crippen molar-refractivity contribution in [2.75, 3.05) is 13.1 Å². The van der Waals surface area contributed by atoms with E-state index in [0.717, 1.165) is 6.42 Å². The lowest BCUT2D eigenvalue weighted by atomic mass is 9.96. The highest BCUT2D eigenvalue weighted by atomic mass is 19.1. The van der Waals surface area contributed by atoms with Crippen LogP contribution in [-0.4, -0.2) is 35.1 Å². The first kappa shape index (κ1) is 14.8. The molecule has 116 valence electrons. The van der Waals surface area contributed by atoms with Crippen LogP contribution in [0.1, 0.15) is 23.9 Å². The summed E-state index contributed by atoms with van der Waals surface area (Å²) in [6.07, 6.45) is 0.280. The number of hydrogen-bond acceptors (Lipinski definition) is 3. The Kier molecular flexibility index (Phi) is 3.98. The second-order valence-corrected chi connectivity index (χ2v) is 5.76. The number of rotatable bonds is 2. The highest BCUT2D eigenvalue weighted by Crippen LogP contribution is 2.25. The Bertz CT molecular complexity index is 665. The first-order valence-corrected chi connectivity index (χ1v) is 7.37. The van der Waals surface area contributed by atoms with Crippen molar-refractivity contribution in [1.29, 1.82) is 0 Å². The zero-order chi connectivity index (χ0) is 15.7. The van der Waals surface area contributed by atoms with Crippen molar-refractivity contribution in [2.45, 2.75) is 19.4 Å². The van der Waals surface area contributed by atoms with Gasteiger partial charge in [-0.2, -0.15) is 0 Å². The van der Waals surface area contributed by atoms with E-state index >= 15 is 0 Å². The van der Waals surface area contributed by atoms with Crippen molar-refractivity contribution in [1.82, 2.24) is 4.90 Å². The van der Waals surface area contributed by atoms with E-state index in [0.29, 0.717) is 24.4 Å². The molecule has 0 bridgehead atoms. The maximum Gasteiger partial charge on any atom is 0.289 e. The molecular formula is C17H18FNO3. The van der Waals surface area contributed by atoms with Crippen LogP contribution < -0.4 is 0 Å². The zero-order valence-electron chi connectivity index (χ0n) is 12.3. The van der Waals surface area contributed by atoms with Crippen LogP contribution in [-0.2, 0) is 0 Å². The first-order chi connectivity index (χ1) is 10.5. The van der Waals surface area contributed by atoms with Crippen LogP contribution in [0.25, 0.3) is 11.3 Å². The quantitative estimate of drug-likeness (QED) is 0.928. The molecule has 4 nitrogen and oxygen atoms in total. The summed E-state index contributed by atoms with van der Waals surface area (Å²) in [4.78, 5) is 14.0. The molecule has 2 aromatic rings. The number of carbonyl (C=O) groups excluding carboxylic acids is 1. The van der Waals surface area contributed by atoms with Crippen LogP contribution in [0.15, 0.2) is 40.8 Å². The van der Waals surface area contributed by atoms with Gasteiger partial charge in [0.15, 0.2) is 5.76 Å². The molecule has 0 spiro atoms. The average molecular weight is 303 g/mol. The Morgan fingerprint density at radius 3 is 2.68 bits per heavy atom. The van der Waals surface area contributed by atoms with Gasteiger partial charge in [0.05, 0.1) is 6.10 Å². The van der Waals surface area contributed by atoms with Crippen molar-refractivity contribution in [2.24, 2.45) is 5.92 Å².